The average Bonchev–Trinajstić information content (AvgIpc) is 2.35. The van der Waals surface area contributed by atoms with Gasteiger partial charge < -0.3 is 10.1 Å². The first kappa shape index (κ1) is 14.3. The Bertz CT molecular complexity index is 334. The molecule has 0 amide bonds. The van der Waals surface area contributed by atoms with Crippen molar-refractivity contribution < 1.29 is 4.74 Å². The van der Waals surface area contributed by atoms with E-state index in [0.29, 0.717) is 0 Å². The summed E-state index contributed by atoms with van der Waals surface area (Å²) in [5.74, 6) is 2.85. The molecule has 0 aliphatic carbocycles. The summed E-state index contributed by atoms with van der Waals surface area (Å²) in [6, 6.07) is 2.00. The fourth-order valence-electron chi connectivity index (χ4n) is 1.39. The predicted molar refractivity (Wildman–Crippen MR) is 72.8 cm³/mol. The highest BCUT2D eigenvalue weighted by molar-refractivity contribution is 7.99. The molecule has 1 rings (SSSR count). The number of aryl methyl sites for hydroxylation is 1. The van der Waals surface area contributed by atoms with Gasteiger partial charge in [0.15, 0.2) is 0 Å². The van der Waals surface area contributed by atoms with E-state index in [0.717, 1.165) is 48.3 Å². The quantitative estimate of drug-likeness (QED) is 0.439. The summed E-state index contributed by atoms with van der Waals surface area (Å²) in [5.41, 5.74) is 0. The van der Waals surface area contributed by atoms with Crippen molar-refractivity contribution in [3.8, 4) is 0 Å². The molecule has 0 atom stereocenters. The topological polar surface area (TPSA) is 47.0 Å². The van der Waals surface area contributed by atoms with Crippen molar-refractivity contribution in [3.63, 3.8) is 0 Å². The Hall–Kier alpha value is -0.810. The van der Waals surface area contributed by atoms with Crippen molar-refractivity contribution in [2.24, 2.45) is 0 Å². The third kappa shape index (κ3) is 5.37. The van der Waals surface area contributed by atoms with Crippen LogP contribution in [0, 0.1) is 0 Å². The minimum atomic E-state index is 0.804. The van der Waals surface area contributed by atoms with E-state index in [1.165, 1.54) is 0 Å². The Balaban J connectivity index is 2.59. The van der Waals surface area contributed by atoms with Gasteiger partial charge in [-0.1, -0.05) is 6.92 Å². The van der Waals surface area contributed by atoms with Crippen LogP contribution in [0.4, 0.5) is 5.82 Å². The van der Waals surface area contributed by atoms with Gasteiger partial charge in [-0.3, -0.25) is 0 Å². The molecule has 0 aliphatic rings. The highest BCUT2D eigenvalue weighted by Gasteiger charge is 2.03. The Morgan fingerprint density at radius 2 is 2.24 bits per heavy atom. The fraction of sp³-hybridized carbons (Fsp3) is 0.667. The van der Waals surface area contributed by atoms with E-state index in [9.17, 15) is 0 Å². The van der Waals surface area contributed by atoms with Crippen molar-refractivity contribution in [2.75, 3.05) is 31.8 Å². The van der Waals surface area contributed by atoms with E-state index in [1.807, 2.05) is 13.1 Å². The number of nitrogens with one attached hydrogen (secondary N) is 1. The molecule has 17 heavy (non-hydrogen) atoms. The Morgan fingerprint density at radius 1 is 1.41 bits per heavy atom. The second kappa shape index (κ2) is 8.31. The summed E-state index contributed by atoms with van der Waals surface area (Å²) in [6.07, 6.45) is 3.05. The fourth-order valence-corrected chi connectivity index (χ4v) is 2.23. The third-order valence-electron chi connectivity index (χ3n) is 2.22. The molecule has 0 spiro atoms. The molecular formula is C12H21N3OS. The molecule has 1 aromatic rings. The van der Waals surface area contributed by atoms with Crippen molar-refractivity contribution in [3.05, 3.63) is 11.9 Å². The van der Waals surface area contributed by atoms with Crippen LogP contribution in [-0.2, 0) is 11.2 Å². The first-order valence-corrected chi connectivity index (χ1v) is 6.96. The van der Waals surface area contributed by atoms with Crippen LogP contribution >= 0.6 is 11.8 Å². The average molecular weight is 255 g/mol. The predicted octanol–water partition coefficient (Wildman–Crippen LogP) is 2.60. The molecule has 0 bridgehead atoms. The maximum Gasteiger partial charge on any atom is 0.132 e. The molecule has 0 radical (unpaired) electrons. The molecule has 5 heteroatoms. The van der Waals surface area contributed by atoms with Crippen LogP contribution in [0.3, 0.4) is 0 Å². The molecular weight excluding hydrogens is 234 g/mol. The lowest BCUT2D eigenvalue weighted by atomic mass is 10.3. The van der Waals surface area contributed by atoms with Gasteiger partial charge in [0.05, 0.1) is 0 Å². The maximum absolute atomic E-state index is 5.03. The summed E-state index contributed by atoms with van der Waals surface area (Å²) in [7, 11) is 3.62. The summed E-state index contributed by atoms with van der Waals surface area (Å²) >= 11 is 1.76. The molecule has 0 fully saturated rings. The Labute approximate surface area is 108 Å². The molecule has 1 heterocycles. The number of hydrogen-bond donors (Lipinski definition) is 1. The minimum absolute atomic E-state index is 0.804. The van der Waals surface area contributed by atoms with Crippen molar-refractivity contribution in [1.29, 1.82) is 0 Å². The lowest BCUT2D eigenvalue weighted by Crippen LogP contribution is -2.01. The molecule has 0 saturated carbocycles. The second-order valence-corrected chi connectivity index (χ2v) is 4.82. The van der Waals surface area contributed by atoms with Crippen LogP contribution in [0.1, 0.15) is 25.6 Å². The van der Waals surface area contributed by atoms with E-state index in [1.54, 1.807) is 18.9 Å². The van der Waals surface area contributed by atoms with Gasteiger partial charge in [0.25, 0.3) is 0 Å². The van der Waals surface area contributed by atoms with E-state index >= 15 is 0 Å². The van der Waals surface area contributed by atoms with Crippen molar-refractivity contribution in [1.82, 2.24) is 9.97 Å². The smallest absolute Gasteiger partial charge is 0.132 e. The summed E-state index contributed by atoms with van der Waals surface area (Å²) in [5, 5.41) is 4.12. The largest absolute Gasteiger partial charge is 0.385 e. The highest BCUT2D eigenvalue weighted by Crippen LogP contribution is 2.19. The van der Waals surface area contributed by atoms with Gasteiger partial charge in [-0.25, -0.2) is 9.97 Å². The molecule has 96 valence electrons. The number of anilines is 1. The zero-order valence-electron chi connectivity index (χ0n) is 10.8. The van der Waals surface area contributed by atoms with Crippen LogP contribution in [0.2, 0.25) is 0 Å². The zero-order chi connectivity index (χ0) is 12.5. The molecule has 4 nitrogen and oxygen atoms in total. The van der Waals surface area contributed by atoms with Gasteiger partial charge in [0.1, 0.15) is 16.7 Å². The van der Waals surface area contributed by atoms with Crippen LogP contribution in [0.5, 0.6) is 0 Å². The summed E-state index contributed by atoms with van der Waals surface area (Å²) in [4.78, 5) is 8.97. The number of nitrogens with zero attached hydrogens (tertiary/aromatic N) is 2. The number of hydrogen-bond acceptors (Lipinski definition) is 5. The lowest BCUT2D eigenvalue weighted by Gasteiger charge is -2.06. The minimum Gasteiger partial charge on any atom is -0.385 e. The Kier molecular flexibility index (Phi) is 6.96. The molecule has 1 N–H and O–H groups in total. The first-order chi connectivity index (χ1) is 8.30. The van der Waals surface area contributed by atoms with Gasteiger partial charge in [0, 0.05) is 39.0 Å². The number of aromatic nitrogens is 2. The van der Waals surface area contributed by atoms with Gasteiger partial charge in [-0.05, 0) is 12.8 Å². The Morgan fingerprint density at radius 3 is 2.88 bits per heavy atom. The number of ether oxygens (including phenoxy) is 1. The molecule has 0 aliphatic heterocycles. The number of rotatable bonds is 8. The van der Waals surface area contributed by atoms with Crippen LogP contribution < -0.4 is 5.32 Å². The SMILES string of the molecule is CCCc1nc(NC)cc(SCCCOC)n1. The maximum atomic E-state index is 5.03. The zero-order valence-corrected chi connectivity index (χ0v) is 11.6. The first-order valence-electron chi connectivity index (χ1n) is 5.97. The summed E-state index contributed by atoms with van der Waals surface area (Å²) in [6.45, 7) is 2.94. The molecule has 1 aromatic heterocycles. The van der Waals surface area contributed by atoms with Gasteiger partial charge >= 0.3 is 0 Å². The standard InChI is InChI=1S/C12H21N3OS/c1-4-6-10-14-11(13-2)9-12(15-10)17-8-5-7-16-3/h9H,4-8H2,1-3H3,(H,13,14,15). The van der Waals surface area contributed by atoms with Crippen LogP contribution in [0.15, 0.2) is 11.1 Å². The van der Waals surface area contributed by atoms with Gasteiger partial charge in [-0.15, -0.1) is 11.8 Å². The number of methoxy groups -OCH3 is 1. The van der Waals surface area contributed by atoms with Crippen LogP contribution in [0.25, 0.3) is 0 Å². The van der Waals surface area contributed by atoms with E-state index in [-0.39, 0.29) is 0 Å². The number of thioether (sulfide) groups is 1. The van der Waals surface area contributed by atoms with E-state index in [4.69, 9.17) is 4.74 Å². The third-order valence-corrected chi connectivity index (χ3v) is 3.22. The molecule has 0 unspecified atom stereocenters. The van der Waals surface area contributed by atoms with Crippen molar-refractivity contribution >= 4 is 17.6 Å². The van der Waals surface area contributed by atoms with Crippen LogP contribution in [-0.4, -0.2) is 36.5 Å². The van der Waals surface area contributed by atoms with E-state index in [2.05, 4.69) is 22.2 Å². The van der Waals surface area contributed by atoms with Crippen molar-refractivity contribution in [2.45, 2.75) is 31.2 Å². The van der Waals surface area contributed by atoms with Gasteiger partial charge in [0.2, 0.25) is 0 Å². The van der Waals surface area contributed by atoms with Gasteiger partial charge in [-0.2, -0.15) is 0 Å². The summed E-state index contributed by atoms with van der Waals surface area (Å²) < 4.78 is 5.03. The monoisotopic (exact) mass is 255 g/mol. The lowest BCUT2D eigenvalue weighted by molar-refractivity contribution is 0.200. The molecule has 0 aromatic carbocycles. The molecule has 0 saturated heterocycles. The van der Waals surface area contributed by atoms with E-state index < -0.39 is 0 Å². The highest BCUT2D eigenvalue weighted by atomic mass is 32.2. The second-order valence-electron chi connectivity index (χ2n) is 3.70. The normalized spacial score (nSPS) is 10.5.